The summed E-state index contributed by atoms with van der Waals surface area (Å²) in [7, 11) is 5.66. The van der Waals surface area contributed by atoms with Crippen molar-refractivity contribution < 1.29 is 19.4 Å². The number of aromatic hydroxyl groups is 2. The van der Waals surface area contributed by atoms with Crippen molar-refractivity contribution >= 4 is 11.0 Å². The summed E-state index contributed by atoms with van der Waals surface area (Å²) in [5, 5.41) is 20.7. The van der Waals surface area contributed by atoms with Crippen LogP contribution in [-0.4, -0.2) is 85.4 Å². The zero-order valence-corrected chi connectivity index (χ0v) is 19.4. The molecule has 1 saturated heterocycles. The molecule has 2 N–H and O–H groups in total. The van der Waals surface area contributed by atoms with Crippen molar-refractivity contribution in [3.63, 3.8) is 0 Å². The van der Waals surface area contributed by atoms with Crippen LogP contribution in [0.5, 0.6) is 17.2 Å². The van der Waals surface area contributed by atoms with E-state index in [-0.39, 0.29) is 28.2 Å². The predicted molar refractivity (Wildman–Crippen MR) is 128 cm³/mol. The third kappa shape index (κ3) is 4.98. The maximum atomic E-state index is 12.7. The van der Waals surface area contributed by atoms with Crippen LogP contribution in [0.4, 0.5) is 0 Å². The molecule has 1 aliphatic heterocycles. The second-order valence-electron chi connectivity index (χ2n) is 8.68. The fraction of sp³-hybridized carbons (Fsp3) is 0.400. The first-order chi connectivity index (χ1) is 15.9. The summed E-state index contributed by atoms with van der Waals surface area (Å²) in [6, 6.07) is 10.3. The molecule has 0 unspecified atom stereocenters. The van der Waals surface area contributed by atoms with E-state index in [9.17, 15) is 15.0 Å². The summed E-state index contributed by atoms with van der Waals surface area (Å²) in [6.45, 7) is 7.29. The van der Waals surface area contributed by atoms with E-state index in [2.05, 4.69) is 28.8 Å². The van der Waals surface area contributed by atoms with Gasteiger partial charge in [0.15, 0.2) is 17.1 Å². The van der Waals surface area contributed by atoms with Crippen molar-refractivity contribution in [3.8, 4) is 28.6 Å². The van der Waals surface area contributed by atoms with Gasteiger partial charge < -0.3 is 29.2 Å². The molecule has 0 spiro atoms. The Morgan fingerprint density at radius 2 is 1.76 bits per heavy atom. The molecule has 1 aliphatic rings. The Hall–Kier alpha value is -3.07. The van der Waals surface area contributed by atoms with Crippen LogP contribution in [0.1, 0.15) is 5.56 Å². The molecule has 33 heavy (non-hydrogen) atoms. The Kier molecular flexibility index (Phi) is 6.88. The number of ether oxygens (including phenoxy) is 1. The normalized spacial score (nSPS) is 15.4. The topological polar surface area (TPSA) is 89.6 Å². The number of hydrogen-bond donors (Lipinski definition) is 2. The van der Waals surface area contributed by atoms with Gasteiger partial charge in [0.1, 0.15) is 0 Å². The lowest BCUT2D eigenvalue weighted by atomic mass is 10.1. The molecule has 0 saturated carbocycles. The molecule has 2 aromatic carbocycles. The Balaban J connectivity index is 1.49. The number of phenols is 1. The average molecular weight is 454 g/mol. The Morgan fingerprint density at radius 3 is 2.42 bits per heavy atom. The highest BCUT2D eigenvalue weighted by molar-refractivity contribution is 5.88. The Bertz CT molecular complexity index is 1170. The lowest BCUT2D eigenvalue weighted by Gasteiger charge is -2.33. The number of fused-ring (bicyclic) bond motifs is 1. The number of likely N-dealkylation sites (N-methyl/N-ethyl adjacent to an activating group) is 2. The fourth-order valence-electron chi connectivity index (χ4n) is 4.14. The molecule has 4 rings (SSSR count). The minimum atomic E-state index is -0.572. The lowest BCUT2D eigenvalue weighted by Crippen LogP contribution is -2.46. The van der Waals surface area contributed by atoms with Crippen LogP contribution in [0, 0.1) is 0 Å². The first-order valence-corrected chi connectivity index (χ1v) is 11.1. The third-order valence-electron chi connectivity index (χ3n) is 6.24. The molecule has 3 aromatic rings. The molecule has 0 radical (unpaired) electrons. The minimum Gasteiger partial charge on any atom is -0.504 e. The molecule has 0 bridgehead atoms. The van der Waals surface area contributed by atoms with E-state index in [1.165, 1.54) is 19.2 Å². The largest absolute Gasteiger partial charge is 0.504 e. The number of piperazine rings is 1. The molecular weight excluding hydrogens is 422 g/mol. The van der Waals surface area contributed by atoms with Crippen molar-refractivity contribution in [3.05, 3.63) is 52.2 Å². The lowest BCUT2D eigenvalue weighted by molar-refractivity contribution is 0.139. The summed E-state index contributed by atoms with van der Waals surface area (Å²) in [5.74, 6) is -0.497. The quantitative estimate of drug-likeness (QED) is 0.564. The van der Waals surface area contributed by atoms with Gasteiger partial charge in [0.2, 0.25) is 16.9 Å². The average Bonchev–Trinajstić information content (AvgIpc) is 2.81. The highest BCUT2D eigenvalue weighted by atomic mass is 16.5. The van der Waals surface area contributed by atoms with Gasteiger partial charge in [-0.1, -0.05) is 24.3 Å². The summed E-state index contributed by atoms with van der Waals surface area (Å²) in [6.07, 6.45) is 0. The zero-order chi connectivity index (χ0) is 23.5. The molecule has 2 heterocycles. The molecule has 1 fully saturated rings. The van der Waals surface area contributed by atoms with Crippen LogP contribution in [-0.2, 0) is 6.54 Å². The van der Waals surface area contributed by atoms with Gasteiger partial charge in [-0.05, 0) is 31.8 Å². The van der Waals surface area contributed by atoms with Gasteiger partial charge in [-0.25, -0.2) is 0 Å². The fourth-order valence-corrected chi connectivity index (χ4v) is 4.14. The van der Waals surface area contributed by atoms with Crippen molar-refractivity contribution in [2.24, 2.45) is 0 Å². The first kappa shape index (κ1) is 23.1. The van der Waals surface area contributed by atoms with Crippen LogP contribution >= 0.6 is 0 Å². The van der Waals surface area contributed by atoms with Gasteiger partial charge in [0.05, 0.1) is 12.5 Å². The van der Waals surface area contributed by atoms with Crippen LogP contribution in [0.25, 0.3) is 22.3 Å². The summed E-state index contributed by atoms with van der Waals surface area (Å²) in [5.41, 5.74) is 1.22. The zero-order valence-electron chi connectivity index (χ0n) is 19.4. The summed E-state index contributed by atoms with van der Waals surface area (Å²) >= 11 is 0. The molecule has 0 aliphatic carbocycles. The van der Waals surface area contributed by atoms with Crippen LogP contribution in [0.3, 0.4) is 0 Å². The van der Waals surface area contributed by atoms with Gasteiger partial charge >= 0.3 is 0 Å². The number of hydrogen-bond acceptors (Lipinski definition) is 8. The van der Waals surface area contributed by atoms with Crippen LogP contribution in [0.15, 0.2) is 45.6 Å². The van der Waals surface area contributed by atoms with E-state index >= 15 is 0 Å². The van der Waals surface area contributed by atoms with Crippen molar-refractivity contribution in [1.82, 2.24) is 14.7 Å². The van der Waals surface area contributed by atoms with Gasteiger partial charge in [0.25, 0.3) is 0 Å². The van der Waals surface area contributed by atoms with Crippen LogP contribution < -0.4 is 10.2 Å². The SMILES string of the molecule is COc1c(O)ccc2c(=O)c(O)c(-c3ccc(CN(C)CCN4CCN(C)CC4)cc3)oc12. The van der Waals surface area contributed by atoms with E-state index in [0.717, 1.165) is 51.4 Å². The number of benzene rings is 2. The standard InChI is InChI=1S/C25H31N3O5/c1-26-10-13-28(14-11-26)15-12-27(2)16-17-4-6-18(7-5-17)23-22(31)21(30)19-8-9-20(29)25(32-3)24(19)33-23/h4-9,29,31H,10-16H2,1-3H3. The smallest absolute Gasteiger partial charge is 0.235 e. The minimum absolute atomic E-state index is 0.0476. The van der Waals surface area contributed by atoms with E-state index in [0.29, 0.717) is 5.56 Å². The second-order valence-corrected chi connectivity index (χ2v) is 8.68. The number of phenolic OH excluding ortho intramolecular Hbond substituents is 1. The number of nitrogens with zero attached hydrogens (tertiary/aromatic N) is 3. The molecule has 8 heteroatoms. The third-order valence-corrected chi connectivity index (χ3v) is 6.24. The first-order valence-electron chi connectivity index (χ1n) is 11.1. The van der Waals surface area contributed by atoms with E-state index in [1.54, 1.807) is 0 Å². The van der Waals surface area contributed by atoms with E-state index < -0.39 is 11.2 Å². The van der Waals surface area contributed by atoms with Gasteiger partial charge in [0, 0.05) is 51.4 Å². The van der Waals surface area contributed by atoms with Gasteiger partial charge in [-0.15, -0.1) is 0 Å². The Labute approximate surface area is 193 Å². The van der Waals surface area contributed by atoms with Crippen molar-refractivity contribution in [1.29, 1.82) is 0 Å². The van der Waals surface area contributed by atoms with E-state index in [1.807, 2.05) is 24.3 Å². The monoisotopic (exact) mass is 453 g/mol. The summed E-state index contributed by atoms with van der Waals surface area (Å²) in [4.78, 5) is 19.8. The molecule has 1 aromatic heterocycles. The molecule has 8 nitrogen and oxygen atoms in total. The Morgan fingerprint density at radius 1 is 1.06 bits per heavy atom. The molecule has 0 amide bonds. The van der Waals surface area contributed by atoms with Crippen molar-refractivity contribution in [2.45, 2.75) is 6.54 Å². The second kappa shape index (κ2) is 9.82. The number of rotatable bonds is 7. The molecular formula is C25H31N3O5. The molecule has 176 valence electrons. The predicted octanol–water partition coefficient (Wildman–Crippen LogP) is 2.56. The van der Waals surface area contributed by atoms with Crippen LogP contribution in [0.2, 0.25) is 0 Å². The van der Waals surface area contributed by atoms with Crippen molar-refractivity contribution in [2.75, 3.05) is 60.5 Å². The highest BCUT2D eigenvalue weighted by Crippen LogP contribution is 2.38. The summed E-state index contributed by atoms with van der Waals surface area (Å²) < 4.78 is 11.0. The van der Waals surface area contributed by atoms with Gasteiger partial charge in [-0.2, -0.15) is 0 Å². The maximum absolute atomic E-state index is 12.7. The molecule has 0 atom stereocenters. The van der Waals surface area contributed by atoms with Gasteiger partial charge in [-0.3, -0.25) is 9.69 Å². The van der Waals surface area contributed by atoms with E-state index in [4.69, 9.17) is 9.15 Å². The number of methoxy groups -OCH3 is 1. The highest BCUT2D eigenvalue weighted by Gasteiger charge is 2.20. The maximum Gasteiger partial charge on any atom is 0.235 e.